The van der Waals surface area contributed by atoms with Crippen molar-refractivity contribution in [2.24, 2.45) is 0 Å². The summed E-state index contributed by atoms with van der Waals surface area (Å²) in [5, 5.41) is 13.0. The highest BCUT2D eigenvalue weighted by Gasteiger charge is 2.46. The normalized spacial score (nSPS) is 23.0. The van der Waals surface area contributed by atoms with Crippen molar-refractivity contribution >= 4 is 21.6 Å². The molecule has 0 aromatic heterocycles. The minimum atomic E-state index is -3.93. The standard InChI is InChI=1S/C28H29FN2O6S/c1-17(18-5-3-2-4-6-18)30-27(33)15-21-14-24-23-13-20(9-12-25(23)37-28(24)26(16-32)36-21)31-38(34,35)22-10-7-19(29)8-11-22/h2-13,17,21,24,26,28,31-32H,14-16H2,1H3,(H,30,33)/t17-,21-,24+,26-,28-/m1/s1. The first kappa shape index (κ1) is 26.1. The van der Waals surface area contributed by atoms with Crippen LogP contribution in [0.5, 0.6) is 5.75 Å². The quantitative estimate of drug-likeness (QED) is 0.400. The van der Waals surface area contributed by atoms with E-state index in [9.17, 15) is 22.7 Å². The molecule has 10 heteroatoms. The van der Waals surface area contributed by atoms with Gasteiger partial charge in [0, 0.05) is 17.2 Å². The maximum atomic E-state index is 13.2. The van der Waals surface area contributed by atoms with Crippen molar-refractivity contribution in [1.29, 1.82) is 0 Å². The van der Waals surface area contributed by atoms with Gasteiger partial charge in [-0.25, -0.2) is 12.8 Å². The lowest BCUT2D eigenvalue weighted by Crippen LogP contribution is -2.47. The van der Waals surface area contributed by atoms with Crippen LogP contribution in [-0.2, 0) is 19.6 Å². The number of rotatable bonds is 8. The molecule has 2 heterocycles. The van der Waals surface area contributed by atoms with Crippen molar-refractivity contribution in [3.05, 3.63) is 89.7 Å². The van der Waals surface area contributed by atoms with Gasteiger partial charge in [0.2, 0.25) is 5.91 Å². The van der Waals surface area contributed by atoms with E-state index in [0.29, 0.717) is 17.9 Å². The number of aliphatic hydroxyl groups excluding tert-OH is 1. The van der Waals surface area contributed by atoms with E-state index in [0.717, 1.165) is 23.3 Å². The van der Waals surface area contributed by atoms with E-state index in [4.69, 9.17) is 9.47 Å². The summed E-state index contributed by atoms with van der Waals surface area (Å²) in [4.78, 5) is 12.7. The second-order valence-corrected chi connectivity index (χ2v) is 11.3. The fourth-order valence-electron chi connectivity index (χ4n) is 5.11. The van der Waals surface area contributed by atoms with Gasteiger partial charge in [-0.1, -0.05) is 30.3 Å². The summed E-state index contributed by atoms with van der Waals surface area (Å²) >= 11 is 0. The lowest BCUT2D eigenvalue weighted by molar-refractivity contribution is -0.142. The summed E-state index contributed by atoms with van der Waals surface area (Å²) in [5.41, 5.74) is 2.10. The van der Waals surface area contributed by atoms with Crippen LogP contribution in [0.25, 0.3) is 0 Å². The predicted molar refractivity (Wildman–Crippen MR) is 139 cm³/mol. The Balaban J connectivity index is 1.30. The molecule has 1 fully saturated rings. The summed E-state index contributed by atoms with van der Waals surface area (Å²) in [6.45, 7) is 1.63. The van der Waals surface area contributed by atoms with Crippen LogP contribution >= 0.6 is 0 Å². The van der Waals surface area contributed by atoms with Gasteiger partial charge in [0.25, 0.3) is 10.0 Å². The number of anilines is 1. The zero-order valence-electron chi connectivity index (χ0n) is 20.7. The smallest absolute Gasteiger partial charge is 0.261 e. The molecule has 8 nitrogen and oxygen atoms in total. The summed E-state index contributed by atoms with van der Waals surface area (Å²) in [6.07, 6.45) is -0.963. The fraction of sp³-hybridized carbons (Fsp3) is 0.321. The third-order valence-corrected chi connectivity index (χ3v) is 8.36. The van der Waals surface area contributed by atoms with Crippen molar-refractivity contribution in [3.63, 3.8) is 0 Å². The summed E-state index contributed by atoms with van der Waals surface area (Å²) in [6, 6.07) is 19.0. The molecular weight excluding hydrogens is 511 g/mol. The van der Waals surface area contributed by atoms with E-state index >= 15 is 0 Å². The number of aliphatic hydroxyl groups is 1. The van der Waals surface area contributed by atoms with E-state index in [-0.39, 0.29) is 35.8 Å². The second kappa shape index (κ2) is 10.7. The maximum Gasteiger partial charge on any atom is 0.261 e. The maximum absolute atomic E-state index is 13.2. The molecule has 0 bridgehead atoms. The first-order valence-corrected chi connectivity index (χ1v) is 13.9. The Hall–Kier alpha value is -3.47. The van der Waals surface area contributed by atoms with Gasteiger partial charge in [-0.3, -0.25) is 9.52 Å². The lowest BCUT2D eigenvalue weighted by Gasteiger charge is -2.37. The third-order valence-electron chi connectivity index (χ3n) is 6.97. The number of carbonyl (C=O) groups excluding carboxylic acids is 1. The summed E-state index contributed by atoms with van der Waals surface area (Å²) in [5.74, 6) is -0.313. The molecule has 2 aliphatic rings. The Morgan fingerprint density at radius 2 is 1.84 bits per heavy atom. The van der Waals surface area contributed by atoms with Crippen LogP contribution in [0.2, 0.25) is 0 Å². The van der Waals surface area contributed by atoms with E-state index in [1.54, 1.807) is 18.2 Å². The van der Waals surface area contributed by atoms with Crippen LogP contribution in [0, 0.1) is 5.82 Å². The molecule has 3 aromatic rings. The number of nitrogens with one attached hydrogen (secondary N) is 2. The van der Waals surface area contributed by atoms with Gasteiger partial charge in [-0.05, 0) is 61.4 Å². The van der Waals surface area contributed by atoms with E-state index < -0.39 is 34.2 Å². The number of ether oxygens (including phenoxy) is 2. The number of sulfonamides is 1. The van der Waals surface area contributed by atoms with Crippen LogP contribution in [0.3, 0.4) is 0 Å². The molecule has 38 heavy (non-hydrogen) atoms. The number of benzene rings is 3. The lowest BCUT2D eigenvalue weighted by atomic mass is 9.84. The second-order valence-electron chi connectivity index (χ2n) is 9.62. The molecule has 2 aliphatic heterocycles. The predicted octanol–water partition coefficient (Wildman–Crippen LogP) is 3.89. The molecule has 200 valence electrons. The van der Waals surface area contributed by atoms with E-state index in [1.165, 1.54) is 12.1 Å². The van der Waals surface area contributed by atoms with E-state index in [1.807, 2.05) is 37.3 Å². The van der Waals surface area contributed by atoms with Crippen molar-refractivity contribution in [3.8, 4) is 5.75 Å². The largest absolute Gasteiger partial charge is 0.487 e. The Morgan fingerprint density at radius 3 is 2.55 bits per heavy atom. The Bertz CT molecular complexity index is 1400. The Kier molecular flexibility index (Phi) is 7.38. The number of carbonyl (C=O) groups is 1. The topological polar surface area (TPSA) is 114 Å². The Morgan fingerprint density at radius 1 is 1.11 bits per heavy atom. The monoisotopic (exact) mass is 540 g/mol. The van der Waals surface area contributed by atoms with E-state index in [2.05, 4.69) is 10.0 Å². The number of fused-ring (bicyclic) bond motifs is 3. The van der Waals surface area contributed by atoms with Crippen LogP contribution in [0.4, 0.5) is 10.1 Å². The van der Waals surface area contributed by atoms with Gasteiger partial charge in [0.1, 0.15) is 23.8 Å². The van der Waals surface area contributed by atoms with Gasteiger partial charge >= 0.3 is 0 Å². The Labute approximate surface area is 220 Å². The van der Waals surface area contributed by atoms with Crippen LogP contribution < -0.4 is 14.8 Å². The van der Waals surface area contributed by atoms with Gasteiger partial charge in [0.05, 0.1) is 30.1 Å². The van der Waals surface area contributed by atoms with Crippen molar-refractivity contribution in [2.75, 3.05) is 11.3 Å². The molecular formula is C28H29FN2O6S. The molecule has 1 saturated heterocycles. The molecule has 5 atom stereocenters. The van der Waals surface area contributed by atoms with Gasteiger partial charge in [-0.15, -0.1) is 0 Å². The highest BCUT2D eigenvalue weighted by atomic mass is 32.2. The number of hydrogen-bond acceptors (Lipinski definition) is 6. The molecule has 1 amide bonds. The van der Waals surface area contributed by atoms with Crippen LogP contribution in [0.1, 0.15) is 42.9 Å². The molecule has 0 spiro atoms. The molecule has 0 aliphatic carbocycles. The first-order valence-electron chi connectivity index (χ1n) is 12.4. The number of halogens is 1. The zero-order valence-corrected chi connectivity index (χ0v) is 21.5. The summed E-state index contributed by atoms with van der Waals surface area (Å²) < 4.78 is 53.5. The number of amides is 1. The molecule has 5 rings (SSSR count). The minimum Gasteiger partial charge on any atom is -0.487 e. The van der Waals surface area contributed by atoms with Gasteiger partial charge in [0.15, 0.2) is 0 Å². The molecule has 3 aromatic carbocycles. The molecule has 0 unspecified atom stereocenters. The first-order chi connectivity index (χ1) is 18.2. The third kappa shape index (κ3) is 5.52. The van der Waals surface area contributed by atoms with Crippen LogP contribution in [-0.4, -0.2) is 44.4 Å². The average Bonchev–Trinajstić information content (AvgIpc) is 3.26. The van der Waals surface area contributed by atoms with Crippen molar-refractivity contribution < 1.29 is 32.2 Å². The minimum absolute atomic E-state index is 0.0595. The van der Waals surface area contributed by atoms with Crippen molar-refractivity contribution in [1.82, 2.24) is 5.32 Å². The average molecular weight is 541 g/mol. The summed E-state index contributed by atoms with van der Waals surface area (Å²) in [7, 11) is -3.93. The van der Waals surface area contributed by atoms with Gasteiger partial charge in [-0.2, -0.15) is 0 Å². The number of hydrogen-bond donors (Lipinski definition) is 3. The highest BCUT2D eigenvalue weighted by Crippen LogP contribution is 2.47. The van der Waals surface area contributed by atoms with Crippen LogP contribution in [0.15, 0.2) is 77.7 Å². The highest BCUT2D eigenvalue weighted by molar-refractivity contribution is 7.92. The molecule has 3 N–H and O–H groups in total. The molecule has 0 saturated carbocycles. The fourth-order valence-corrected chi connectivity index (χ4v) is 6.16. The SMILES string of the molecule is C[C@@H](NC(=O)C[C@H]1C[C@H]2c3cc(NS(=O)(=O)c4ccc(F)cc4)ccc3O[C@H]2[C@@H](CO)O1)c1ccccc1. The molecule has 0 radical (unpaired) electrons. The zero-order chi connectivity index (χ0) is 26.9. The van der Waals surface area contributed by atoms with Crippen molar-refractivity contribution in [2.45, 2.75) is 54.9 Å². The van der Waals surface area contributed by atoms with Gasteiger partial charge < -0.3 is 19.9 Å².